The van der Waals surface area contributed by atoms with Crippen LogP contribution in [-0.4, -0.2) is 25.2 Å². The molecule has 0 amide bonds. The highest BCUT2D eigenvalue weighted by molar-refractivity contribution is 7.91. The number of thiocarbonyl (C=S) groups is 1. The molecule has 11 heavy (non-hydrogen) atoms. The minimum absolute atomic E-state index is 0.516. The average molecular weight is 193 g/mol. The molecule has 0 saturated carbocycles. The maximum atomic E-state index is 10.9. The van der Waals surface area contributed by atoms with Crippen molar-refractivity contribution in [1.82, 2.24) is 0 Å². The molecule has 0 saturated heterocycles. The lowest BCUT2D eigenvalue weighted by Crippen LogP contribution is -2.16. The number of hydrogen-bond acceptors (Lipinski definition) is 4. The molecule has 0 aromatic carbocycles. The van der Waals surface area contributed by atoms with E-state index >= 15 is 0 Å². The average Bonchev–Trinajstić information content (AvgIpc) is 1.85. The molecule has 5 heteroatoms. The van der Waals surface area contributed by atoms with E-state index in [1.165, 1.54) is 0 Å². The number of rotatable bonds is 4. The Hall–Kier alpha value is -0.250. The molecule has 0 rings (SSSR count). The first kappa shape index (κ1) is 10.8. The largest absolute Gasteiger partial charge is 0.227 e. The van der Waals surface area contributed by atoms with E-state index in [-0.39, 0.29) is 0 Å². The van der Waals surface area contributed by atoms with Crippen LogP contribution in [0.3, 0.4) is 0 Å². The molecular formula is C6H11NO2S2. The summed E-state index contributed by atoms with van der Waals surface area (Å²) in [6.07, 6.45) is 2.45. The van der Waals surface area contributed by atoms with Crippen LogP contribution in [0, 0.1) is 0 Å². The van der Waals surface area contributed by atoms with Crippen LogP contribution in [0.1, 0.15) is 19.8 Å². The van der Waals surface area contributed by atoms with Crippen molar-refractivity contribution in [1.29, 1.82) is 0 Å². The van der Waals surface area contributed by atoms with Crippen LogP contribution < -0.4 is 0 Å². The van der Waals surface area contributed by atoms with E-state index in [9.17, 15) is 8.42 Å². The number of nitrogens with zero attached hydrogens (tertiary/aromatic N) is 1. The first-order chi connectivity index (χ1) is 5.02. The summed E-state index contributed by atoms with van der Waals surface area (Å²) in [5.74, 6) is 0. The monoisotopic (exact) mass is 193 g/mol. The Morgan fingerprint density at radius 1 is 1.64 bits per heavy atom. The van der Waals surface area contributed by atoms with Crippen molar-refractivity contribution in [3.05, 3.63) is 0 Å². The predicted molar refractivity (Wildman–Crippen MR) is 48.6 cm³/mol. The van der Waals surface area contributed by atoms with Crippen LogP contribution in [0.5, 0.6) is 0 Å². The van der Waals surface area contributed by atoms with Gasteiger partial charge in [-0.2, -0.15) is 0 Å². The molecule has 0 heterocycles. The van der Waals surface area contributed by atoms with Crippen molar-refractivity contribution < 1.29 is 8.42 Å². The molecule has 0 spiro atoms. The van der Waals surface area contributed by atoms with Crippen LogP contribution in [0.25, 0.3) is 0 Å². The third kappa shape index (κ3) is 4.24. The Morgan fingerprint density at radius 3 is 2.45 bits per heavy atom. The fraction of sp³-hybridized carbons (Fsp3) is 0.833. The second-order valence-corrected chi connectivity index (χ2v) is 4.68. The zero-order valence-electron chi connectivity index (χ0n) is 6.57. The molecule has 0 N–H and O–H groups in total. The normalized spacial score (nSPS) is 13.6. The van der Waals surface area contributed by atoms with Crippen LogP contribution in [-0.2, 0) is 9.84 Å². The predicted octanol–water partition coefficient (Wildman–Crippen LogP) is 1.26. The lowest BCUT2D eigenvalue weighted by molar-refractivity contribution is 0.579. The van der Waals surface area contributed by atoms with E-state index in [0.717, 1.165) is 12.7 Å². The molecular weight excluding hydrogens is 182 g/mol. The van der Waals surface area contributed by atoms with Gasteiger partial charge in [-0.15, -0.1) is 0 Å². The van der Waals surface area contributed by atoms with E-state index in [1.807, 2.05) is 6.92 Å². The molecule has 0 radical (unpaired) electrons. The van der Waals surface area contributed by atoms with Gasteiger partial charge >= 0.3 is 0 Å². The van der Waals surface area contributed by atoms with Gasteiger partial charge in [-0.05, 0) is 18.6 Å². The lowest BCUT2D eigenvalue weighted by atomic mass is 10.3. The van der Waals surface area contributed by atoms with Gasteiger partial charge in [-0.25, -0.2) is 13.4 Å². The van der Waals surface area contributed by atoms with Crippen LogP contribution in [0.15, 0.2) is 4.99 Å². The number of hydrogen-bond donors (Lipinski definition) is 0. The second kappa shape index (κ2) is 4.59. The van der Waals surface area contributed by atoms with Crippen molar-refractivity contribution in [2.45, 2.75) is 25.1 Å². The van der Waals surface area contributed by atoms with Crippen LogP contribution in [0.4, 0.5) is 0 Å². The first-order valence-electron chi connectivity index (χ1n) is 3.28. The summed E-state index contributed by atoms with van der Waals surface area (Å²) in [5.41, 5.74) is 0. The molecule has 0 aliphatic carbocycles. The summed E-state index contributed by atoms with van der Waals surface area (Å²) in [6, 6.07) is 0. The Bertz CT molecular complexity index is 252. The summed E-state index contributed by atoms with van der Waals surface area (Å²) in [6.45, 7) is 1.90. The molecule has 0 aromatic rings. The summed E-state index contributed by atoms with van der Waals surface area (Å²) in [5, 5.41) is 1.40. The van der Waals surface area contributed by atoms with Gasteiger partial charge in [0.25, 0.3) is 0 Å². The third-order valence-corrected chi connectivity index (χ3v) is 2.66. The van der Waals surface area contributed by atoms with Crippen molar-refractivity contribution in [2.75, 3.05) is 6.26 Å². The van der Waals surface area contributed by atoms with Crippen molar-refractivity contribution in [3.63, 3.8) is 0 Å². The van der Waals surface area contributed by atoms with Gasteiger partial charge < -0.3 is 0 Å². The fourth-order valence-corrected chi connectivity index (χ4v) is 1.78. The smallest absolute Gasteiger partial charge is 0.171 e. The highest BCUT2D eigenvalue weighted by Gasteiger charge is 2.17. The second-order valence-electron chi connectivity index (χ2n) is 2.29. The van der Waals surface area contributed by atoms with E-state index in [0.29, 0.717) is 6.42 Å². The molecule has 0 bridgehead atoms. The minimum atomic E-state index is -3.09. The summed E-state index contributed by atoms with van der Waals surface area (Å²) >= 11 is 4.33. The molecule has 0 aliphatic rings. The van der Waals surface area contributed by atoms with E-state index in [1.54, 1.807) is 0 Å². The standard InChI is InChI=1S/C6H11NO2S2/c1-3-4-6(7-5-10)11(2,8)9/h6H,3-4H2,1-2H3. The van der Waals surface area contributed by atoms with Crippen molar-refractivity contribution >= 4 is 27.2 Å². The van der Waals surface area contributed by atoms with E-state index in [4.69, 9.17) is 0 Å². The van der Waals surface area contributed by atoms with Gasteiger partial charge in [-0.1, -0.05) is 13.3 Å². The maximum absolute atomic E-state index is 10.9. The summed E-state index contributed by atoms with van der Waals surface area (Å²) < 4.78 is 21.9. The fourth-order valence-electron chi connectivity index (χ4n) is 0.680. The number of isothiocyanates is 1. The number of sulfone groups is 1. The summed E-state index contributed by atoms with van der Waals surface area (Å²) in [4.78, 5) is 3.56. The minimum Gasteiger partial charge on any atom is -0.227 e. The van der Waals surface area contributed by atoms with Gasteiger partial charge in [-0.3, -0.25) is 0 Å². The van der Waals surface area contributed by atoms with Crippen LogP contribution >= 0.6 is 12.2 Å². The topological polar surface area (TPSA) is 46.5 Å². The highest BCUT2D eigenvalue weighted by Crippen LogP contribution is 2.07. The van der Waals surface area contributed by atoms with Gasteiger partial charge in [0.1, 0.15) is 0 Å². The quantitative estimate of drug-likeness (QED) is 0.499. The van der Waals surface area contributed by atoms with E-state index < -0.39 is 15.2 Å². The van der Waals surface area contributed by atoms with Crippen molar-refractivity contribution in [3.8, 4) is 0 Å². The zero-order valence-corrected chi connectivity index (χ0v) is 8.20. The Kier molecular flexibility index (Phi) is 4.49. The molecule has 3 nitrogen and oxygen atoms in total. The number of aliphatic imine (C=N–C) groups is 1. The molecule has 0 aromatic heterocycles. The lowest BCUT2D eigenvalue weighted by Gasteiger charge is -2.05. The molecule has 1 atom stereocenters. The highest BCUT2D eigenvalue weighted by atomic mass is 32.2. The zero-order chi connectivity index (χ0) is 8.91. The van der Waals surface area contributed by atoms with Gasteiger partial charge in [0.2, 0.25) is 0 Å². The van der Waals surface area contributed by atoms with Crippen LogP contribution in [0.2, 0.25) is 0 Å². The Morgan fingerprint density at radius 2 is 2.18 bits per heavy atom. The third-order valence-electron chi connectivity index (χ3n) is 1.23. The molecule has 64 valence electrons. The maximum Gasteiger partial charge on any atom is 0.171 e. The Balaban J connectivity index is 4.48. The SMILES string of the molecule is CCCC(N=C=S)S(C)(=O)=O. The van der Waals surface area contributed by atoms with Gasteiger partial charge in [0.15, 0.2) is 15.2 Å². The summed E-state index contributed by atoms with van der Waals surface area (Å²) in [7, 11) is -3.09. The Labute approximate surface area is 72.4 Å². The molecule has 0 aliphatic heterocycles. The van der Waals surface area contributed by atoms with Gasteiger partial charge in [0.05, 0.1) is 5.16 Å². The van der Waals surface area contributed by atoms with E-state index in [2.05, 4.69) is 22.4 Å². The molecule has 1 unspecified atom stereocenters. The molecule has 0 fully saturated rings. The first-order valence-corrected chi connectivity index (χ1v) is 5.64. The van der Waals surface area contributed by atoms with Gasteiger partial charge in [0, 0.05) is 6.26 Å². The van der Waals surface area contributed by atoms with Crippen molar-refractivity contribution in [2.24, 2.45) is 4.99 Å².